The van der Waals surface area contributed by atoms with Gasteiger partial charge in [-0.1, -0.05) is 28.9 Å². The first-order valence-electron chi connectivity index (χ1n) is 7.11. The maximum absolute atomic E-state index is 12.9. The molecule has 3 aromatic rings. The monoisotopic (exact) mass is 331 g/mol. The quantitative estimate of drug-likeness (QED) is 0.704. The number of rotatable bonds is 5. The fraction of sp³-hybridized carbons (Fsp3) is 0.176. The Morgan fingerprint density at radius 2 is 1.74 bits per heavy atom. The lowest BCUT2D eigenvalue weighted by Gasteiger charge is -2.13. The standard InChI is InChI=1S/C17H15ClFN3O/c1-22(10-12-2-6-14(18)7-3-12)11-16-20-17(21-23-16)13-4-8-15(19)9-5-13/h2-9H,10-11H2,1H3. The van der Waals surface area contributed by atoms with Crippen LogP contribution in [-0.4, -0.2) is 22.1 Å². The number of halogens is 2. The molecule has 0 spiro atoms. The Labute approximate surface area is 138 Å². The van der Waals surface area contributed by atoms with Gasteiger partial charge in [0.05, 0.1) is 6.54 Å². The minimum atomic E-state index is -0.292. The van der Waals surface area contributed by atoms with E-state index in [1.807, 2.05) is 31.3 Å². The highest BCUT2D eigenvalue weighted by molar-refractivity contribution is 6.30. The van der Waals surface area contributed by atoms with Gasteiger partial charge < -0.3 is 4.52 Å². The molecule has 1 aromatic heterocycles. The summed E-state index contributed by atoms with van der Waals surface area (Å²) in [5, 5.41) is 4.65. The highest BCUT2D eigenvalue weighted by Gasteiger charge is 2.11. The lowest BCUT2D eigenvalue weighted by atomic mass is 10.2. The van der Waals surface area contributed by atoms with Crippen LogP contribution < -0.4 is 0 Å². The molecule has 2 aromatic carbocycles. The summed E-state index contributed by atoms with van der Waals surface area (Å²) in [5.41, 5.74) is 1.87. The third kappa shape index (κ3) is 4.15. The SMILES string of the molecule is CN(Cc1ccc(Cl)cc1)Cc1nc(-c2ccc(F)cc2)no1. The number of nitrogens with zero attached hydrogens (tertiary/aromatic N) is 3. The largest absolute Gasteiger partial charge is 0.338 e. The first-order chi connectivity index (χ1) is 11.1. The van der Waals surface area contributed by atoms with Crippen LogP contribution >= 0.6 is 11.6 Å². The van der Waals surface area contributed by atoms with Crippen molar-refractivity contribution in [2.24, 2.45) is 0 Å². The molecule has 0 unspecified atom stereocenters. The van der Waals surface area contributed by atoms with Crippen LogP contribution in [0.5, 0.6) is 0 Å². The Balaban J connectivity index is 1.64. The van der Waals surface area contributed by atoms with E-state index >= 15 is 0 Å². The molecular weight excluding hydrogens is 317 g/mol. The van der Waals surface area contributed by atoms with E-state index in [4.69, 9.17) is 16.1 Å². The van der Waals surface area contributed by atoms with Gasteiger partial charge in [-0.3, -0.25) is 4.90 Å². The summed E-state index contributed by atoms with van der Waals surface area (Å²) < 4.78 is 18.2. The van der Waals surface area contributed by atoms with Crippen molar-refractivity contribution in [1.82, 2.24) is 15.0 Å². The van der Waals surface area contributed by atoms with Crippen LogP contribution in [0.15, 0.2) is 53.1 Å². The Hall–Kier alpha value is -2.24. The van der Waals surface area contributed by atoms with Gasteiger partial charge in [0.1, 0.15) is 5.82 Å². The van der Waals surface area contributed by atoms with Crippen molar-refractivity contribution in [2.75, 3.05) is 7.05 Å². The van der Waals surface area contributed by atoms with Crippen molar-refractivity contribution in [3.05, 3.63) is 70.8 Å². The maximum atomic E-state index is 12.9. The summed E-state index contributed by atoms with van der Waals surface area (Å²) >= 11 is 5.88. The third-order valence-corrected chi connectivity index (χ3v) is 3.59. The Morgan fingerprint density at radius 1 is 1.04 bits per heavy atom. The summed E-state index contributed by atoms with van der Waals surface area (Å²) in [7, 11) is 1.97. The van der Waals surface area contributed by atoms with Gasteiger partial charge in [0.15, 0.2) is 0 Å². The highest BCUT2D eigenvalue weighted by atomic mass is 35.5. The van der Waals surface area contributed by atoms with Gasteiger partial charge in [0.25, 0.3) is 0 Å². The van der Waals surface area contributed by atoms with Crippen molar-refractivity contribution in [1.29, 1.82) is 0 Å². The zero-order valence-electron chi connectivity index (χ0n) is 12.5. The number of aromatic nitrogens is 2. The number of benzene rings is 2. The van der Waals surface area contributed by atoms with E-state index in [1.54, 1.807) is 12.1 Å². The maximum Gasteiger partial charge on any atom is 0.241 e. The van der Waals surface area contributed by atoms with E-state index in [9.17, 15) is 4.39 Å². The first-order valence-corrected chi connectivity index (χ1v) is 7.49. The minimum Gasteiger partial charge on any atom is -0.338 e. The molecule has 0 aliphatic heterocycles. The number of hydrogen-bond donors (Lipinski definition) is 0. The van der Waals surface area contributed by atoms with Crippen molar-refractivity contribution >= 4 is 11.6 Å². The third-order valence-electron chi connectivity index (χ3n) is 3.34. The second kappa shape index (κ2) is 6.89. The normalized spacial score (nSPS) is 11.1. The second-order valence-electron chi connectivity index (χ2n) is 5.32. The van der Waals surface area contributed by atoms with Gasteiger partial charge in [-0.25, -0.2) is 4.39 Å². The van der Waals surface area contributed by atoms with Crippen molar-refractivity contribution in [2.45, 2.75) is 13.1 Å². The molecule has 118 valence electrons. The van der Waals surface area contributed by atoms with Crippen LogP contribution in [0.3, 0.4) is 0 Å². The van der Waals surface area contributed by atoms with Gasteiger partial charge >= 0.3 is 0 Å². The average molecular weight is 332 g/mol. The molecule has 0 radical (unpaired) electrons. The lowest BCUT2D eigenvalue weighted by Crippen LogP contribution is -2.17. The molecule has 4 nitrogen and oxygen atoms in total. The van der Waals surface area contributed by atoms with E-state index in [0.717, 1.165) is 22.7 Å². The van der Waals surface area contributed by atoms with Crippen molar-refractivity contribution < 1.29 is 8.91 Å². The first kappa shape index (κ1) is 15.6. The average Bonchev–Trinajstić information content (AvgIpc) is 2.98. The van der Waals surface area contributed by atoms with Gasteiger partial charge in [0.2, 0.25) is 11.7 Å². The molecule has 0 fully saturated rings. The summed E-state index contributed by atoms with van der Waals surface area (Å²) in [4.78, 5) is 6.40. The molecule has 0 aliphatic rings. The summed E-state index contributed by atoms with van der Waals surface area (Å²) in [6, 6.07) is 13.7. The van der Waals surface area contributed by atoms with Crippen LogP contribution in [0.2, 0.25) is 5.02 Å². The molecule has 0 saturated carbocycles. The molecule has 0 atom stereocenters. The van der Waals surface area contributed by atoms with E-state index in [-0.39, 0.29) is 5.82 Å². The molecule has 3 rings (SSSR count). The van der Waals surface area contributed by atoms with Gasteiger partial charge in [-0.15, -0.1) is 0 Å². The Bertz CT molecular complexity index is 771. The van der Waals surface area contributed by atoms with Crippen LogP contribution in [0.1, 0.15) is 11.5 Å². The van der Waals surface area contributed by atoms with Crippen LogP contribution in [0.4, 0.5) is 4.39 Å². The molecule has 0 aliphatic carbocycles. The van der Waals surface area contributed by atoms with Gasteiger partial charge in [-0.2, -0.15) is 4.98 Å². The predicted molar refractivity (Wildman–Crippen MR) is 86.3 cm³/mol. The summed E-state index contributed by atoms with van der Waals surface area (Å²) in [5.74, 6) is 0.681. The van der Waals surface area contributed by atoms with E-state index in [1.165, 1.54) is 12.1 Å². The van der Waals surface area contributed by atoms with Gasteiger partial charge in [-0.05, 0) is 49.0 Å². The molecule has 0 N–H and O–H groups in total. The van der Waals surface area contributed by atoms with Crippen LogP contribution in [0, 0.1) is 5.82 Å². The second-order valence-corrected chi connectivity index (χ2v) is 5.75. The van der Waals surface area contributed by atoms with E-state index < -0.39 is 0 Å². The molecule has 0 amide bonds. The smallest absolute Gasteiger partial charge is 0.241 e. The van der Waals surface area contributed by atoms with Crippen LogP contribution in [0.25, 0.3) is 11.4 Å². The molecule has 0 saturated heterocycles. The lowest BCUT2D eigenvalue weighted by molar-refractivity contribution is 0.261. The van der Waals surface area contributed by atoms with E-state index in [0.29, 0.717) is 18.3 Å². The van der Waals surface area contributed by atoms with Crippen molar-refractivity contribution in [3.8, 4) is 11.4 Å². The molecule has 23 heavy (non-hydrogen) atoms. The fourth-order valence-corrected chi connectivity index (χ4v) is 2.35. The van der Waals surface area contributed by atoms with Gasteiger partial charge in [0, 0.05) is 17.1 Å². The molecular formula is C17H15ClFN3O. The van der Waals surface area contributed by atoms with E-state index in [2.05, 4.69) is 15.0 Å². The summed E-state index contributed by atoms with van der Waals surface area (Å²) in [6.07, 6.45) is 0. The topological polar surface area (TPSA) is 42.2 Å². The molecule has 1 heterocycles. The Kier molecular flexibility index (Phi) is 4.69. The number of hydrogen-bond acceptors (Lipinski definition) is 4. The zero-order chi connectivity index (χ0) is 16.2. The minimum absolute atomic E-state index is 0.292. The zero-order valence-corrected chi connectivity index (χ0v) is 13.3. The van der Waals surface area contributed by atoms with Crippen molar-refractivity contribution in [3.63, 3.8) is 0 Å². The molecule has 6 heteroatoms. The predicted octanol–water partition coefficient (Wildman–Crippen LogP) is 4.16. The summed E-state index contributed by atoms with van der Waals surface area (Å²) in [6.45, 7) is 1.27. The highest BCUT2D eigenvalue weighted by Crippen LogP contribution is 2.17. The molecule has 0 bridgehead atoms. The Morgan fingerprint density at radius 3 is 2.43 bits per heavy atom. The van der Waals surface area contributed by atoms with Crippen LogP contribution in [-0.2, 0) is 13.1 Å². The fourth-order valence-electron chi connectivity index (χ4n) is 2.22.